The van der Waals surface area contributed by atoms with Crippen LogP contribution in [0.1, 0.15) is 6.42 Å². The first-order chi connectivity index (χ1) is 5.72. The maximum atomic E-state index is 11.2. The third kappa shape index (κ3) is 5.43. The highest BCUT2D eigenvalue weighted by Gasteiger charge is 2.05. The first kappa shape index (κ1) is 11.8. The monoisotopic (exact) mass is 190 g/mol. The highest BCUT2D eigenvalue weighted by Crippen LogP contribution is 1.96. The molecule has 1 amide bonds. The van der Waals surface area contributed by atoms with E-state index < -0.39 is 0 Å². The molecule has 0 aliphatic heterocycles. The van der Waals surface area contributed by atoms with Gasteiger partial charge < -0.3 is 10.2 Å². The standard InChI is InChI=1S/C8H18N2OS/c1-9-5-4-6-10(2)8(11)7-12-3/h9H,4-7H2,1-3H3. The van der Waals surface area contributed by atoms with Gasteiger partial charge in [-0.25, -0.2) is 0 Å². The van der Waals surface area contributed by atoms with Gasteiger partial charge in [0.05, 0.1) is 5.75 Å². The molecule has 0 heterocycles. The molecule has 0 aromatic heterocycles. The minimum absolute atomic E-state index is 0.221. The Hall–Kier alpha value is -0.220. The number of carbonyl (C=O) groups excluding carboxylic acids is 1. The third-order valence-electron chi connectivity index (χ3n) is 1.61. The lowest BCUT2D eigenvalue weighted by Crippen LogP contribution is -2.30. The van der Waals surface area contributed by atoms with Crippen LogP contribution in [0.25, 0.3) is 0 Å². The summed E-state index contributed by atoms with van der Waals surface area (Å²) in [5.74, 6) is 0.814. The number of hydrogen-bond acceptors (Lipinski definition) is 3. The summed E-state index contributed by atoms with van der Waals surface area (Å²) in [6.45, 7) is 1.82. The zero-order valence-corrected chi connectivity index (χ0v) is 8.91. The van der Waals surface area contributed by atoms with Gasteiger partial charge in [-0.15, -0.1) is 0 Å². The van der Waals surface area contributed by atoms with E-state index in [0.717, 1.165) is 19.5 Å². The van der Waals surface area contributed by atoms with E-state index in [1.165, 1.54) is 0 Å². The van der Waals surface area contributed by atoms with Gasteiger partial charge in [-0.05, 0) is 26.3 Å². The van der Waals surface area contributed by atoms with E-state index in [2.05, 4.69) is 5.32 Å². The van der Waals surface area contributed by atoms with Crippen molar-refractivity contribution < 1.29 is 4.79 Å². The van der Waals surface area contributed by atoms with Gasteiger partial charge in [-0.1, -0.05) is 0 Å². The van der Waals surface area contributed by atoms with Crippen LogP contribution in [-0.2, 0) is 4.79 Å². The number of hydrogen-bond donors (Lipinski definition) is 1. The molecule has 0 aromatic carbocycles. The number of amides is 1. The fourth-order valence-electron chi connectivity index (χ4n) is 0.851. The summed E-state index contributed by atoms with van der Waals surface area (Å²) in [6, 6.07) is 0. The van der Waals surface area contributed by atoms with E-state index in [-0.39, 0.29) is 5.91 Å². The molecule has 0 bridgehead atoms. The van der Waals surface area contributed by atoms with Gasteiger partial charge in [0, 0.05) is 13.6 Å². The van der Waals surface area contributed by atoms with E-state index in [9.17, 15) is 4.79 Å². The minimum atomic E-state index is 0.221. The SMILES string of the molecule is CNCCCN(C)C(=O)CSC. The van der Waals surface area contributed by atoms with Gasteiger partial charge in [0.1, 0.15) is 0 Å². The lowest BCUT2D eigenvalue weighted by molar-refractivity contribution is -0.127. The Bertz CT molecular complexity index is 130. The van der Waals surface area contributed by atoms with Gasteiger partial charge >= 0.3 is 0 Å². The zero-order valence-electron chi connectivity index (χ0n) is 8.09. The van der Waals surface area contributed by atoms with Gasteiger partial charge in [0.2, 0.25) is 5.91 Å². The molecule has 0 radical (unpaired) electrons. The summed E-state index contributed by atoms with van der Waals surface area (Å²) in [6.07, 6.45) is 2.96. The molecule has 0 aliphatic carbocycles. The van der Waals surface area contributed by atoms with Gasteiger partial charge in [0.15, 0.2) is 0 Å². The smallest absolute Gasteiger partial charge is 0.232 e. The molecule has 0 fully saturated rings. The molecule has 1 N–H and O–H groups in total. The molecule has 0 spiro atoms. The molecule has 0 saturated carbocycles. The van der Waals surface area contributed by atoms with Crippen LogP contribution in [0.3, 0.4) is 0 Å². The molecular formula is C8H18N2OS. The summed E-state index contributed by atoms with van der Waals surface area (Å²) in [4.78, 5) is 13.0. The van der Waals surface area contributed by atoms with Crippen molar-refractivity contribution in [2.75, 3.05) is 39.2 Å². The molecule has 12 heavy (non-hydrogen) atoms. The van der Waals surface area contributed by atoms with Crippen molar-refractivity contribution in [3.8, 4) is 0 Å². The molecular weight excluding hydrogens is 172 g/mol. The summed E-state index contributed by atoms with van der Waals surface area (Å²) in [5.41, 5.74) is 0. The van der Waals surface area contributed by atoms with Crippen LogP contribution in [-0.4, -0.2) is 50.0 Å². The molecule has 0 aromatic rings. The van der Waals surface area contributed by atoms with E-state index in [1.54, 1.807) is 16.7 Å². The fourth-order valence-corrected chi connectivity index (χ4v) is 1.32. The zero-order chi connectivity index (χ0) is 9.40. The van der Waals surface area contributed by atoms with E-state index in [0.29, 0.717) is 5.75 Å². The van der Waals surface area contributed by atoms with Crippen LogP contribution in [0.15, 0.2) is 0 Å². The Morgan fingerprint density at radius 3 is 2.75 bits per heavy atom. The van der Waals surface area contributed by atoms with Gasteiger partial charge in [-0.2, -0.15) is 11.8 Å². The normalized spacial score (nSPS) is 9.92. The molecule has 0 aliphatic rings. The Morgan fingerprint density at radius 1 is 1.58 bits per heavy atom. The van der Waals surface area contributed by atoms with Crippen LogP contribution in [0, 0.1) is 0 Å². The number of nitrogens with zero attached hydrogens (tertiary/aromatic N) is 1. The second kappa shape index (κ2) is 7.43. The minimum Gasteiger partial charge on any atom is -0.345 e. The fraction of sp³-hybridized carbons (Fsp3) is 0.875. The van der Waals surface area contributed by atoms with Crippen molar-refractivity contribution in [2.45, 2.75) is 6.42 Å². The second-order valence-corrected chi connectivity index (χ2v) is 3.57. The van der Waals surface area contributed by atoms with Crippen LogP contribution >= 0.6 is 11.8 Å². The average molecular weight is 190 g/mol. The Morgan fingerprint density at radius 2 is 2.25 bits per heavy atom. The third-order valence-corrected chi connectivity index (χ3v) is 2.15. The van der Waals surface area contributed by atoms with Crippen molar-refractivity contribution in [2.24, 2.45) is 0 Å². The quantitative estimate of drug-likeness (QED) is 0.616. The Balaban J connectivity index is 3.42. The maximum Gasteiger partial charge on any atom is 0.232 e. The van der Waals surface area contributed by atoms with Crippen molar-refractivity contribution in [3.63, 3.8) is 0 Å². The molecule has 0 atom stereocenters. The van der Waals surface area contributed by atoms with Crippen molar-refractivity contribution in [1.82, 2.24) is 10.2 Å². The lowest BCUT2D eigenvalue weighted by Gasteiger charge is -2.15. The summed E-state index contributed by atoms with van der Waals surface area (Å²) in [5, 5.41) is 3.05. The first-order valence-electron chi connectivity index (χ1n) is 4.10. The number of carbonyl (C=O) groups is 1. The predicted molar refractivity (Wildman–Crippen MR) is 54.6 cm³/mol. The highest BCUT2D eigenvalue weighted by atomic mass is 32.2. The van der Waals surface area contributed by atoms with E-state index in [4.69, 9.17) is 0 Å². The molecule has 3 nitrogen and oxygen atoms in total. The van der Waals surface area contributed by atoms with Gasteiger partial charge in [0.25, 0.3) is 0 Å². The topological polar surface area (TPSA) is 32.3 Å². The predicted octanol–water partition coefficient (Wildman–Crippen LogP) is 0.417. The second-order valence-electron chi connectivity index (χ2n) is 2.71. The summed E-state index contributed by atoms with van der Waals surface area (Å²) in [7, 11) is 3.78. The van der Waals surface area contributed by atoms with Gasteiger partial charge in [-0.3, -0.25) is 4.79 Å². The Kier molecular flexibility index (Phi) is 7.29. The molecule has 0 saturated heterocycles. The largest absolute Gasteiger partial charge is 0.345 e. The summed E-state index contributed by atoms with van der Waals surface area (Å²) < 4.78 is 0. The van der Waals surface area contributed by atoms with Crippen molar-refractivity contribution in [1.29, 1.82) is 0 Å². The van der Waals surface area contributed by atoms with Crippen LogP contribution in [0.2, 0.25) is 0 Å². The van der Waals surface area contributed by atoms with E-state index in [1.807, 2.05) is 20.4 Å². The van der Waals surface area contributed by atoms with Crippen LogP contribution in [0.4, 0.5) is 0 Å². The average Bonchev–Trinajstić information content (AvgIpc) is 2.05. The lowest BCUT2D eigenvalue weighted by atomic mass is 10.4. The molecule has 4 heteroatoms. The number of rotatable bonds is 6. The Labute approximate surface area is 78.9 Å². The van der Waals surface area contributed by atoms with Crippen LogP contribution in [0.5, 0.6) is 0 Å². The molecule has 0 rings (SSSR count). The van der Waals surface area contributed by atoms with Crippen LogP contribution < -0.4 is 5.32 Å². The highest BCUT2D eigenvalue weighted by molar-refractivity contribution is 7.99. The number of thioether (sulfide) groups is 1. The molecule has 72 valence electrons. The number of nitrogens with one attached hydrogen (secondary N) is 1. The molecule has 0 unspecified atom stereocenters. The van der Waals surface area contributed by atoms with E-state index >= 15 is 0 Å². The van der Waals surface area contributed by atoms with Crippen molar-refractivity contribution >= 4 is 17.7 Å². The first-order valence-corrected chi connectivity index (χ1v) is 5.49. The van der Waals surface area contributed by atoms with Crippen molar-refractivity contribution in [3.05, 3.63) is 0 Å². The summed E-state index contributed by atoms with van der Waals surface area (Å²) >= 11 is 1.57. The maximum absolute atomic E-state index is 11.2.